The van der Waals surface area contributed by atoms with Gasteiger partial charge in [0.15, 0.2) is 0 Å². The lowest BCUT2D eigenvalue weighted by Crippen LogP contribution is -2.12. The molecular weight excluding hydrogens is 309 g/mol. The Kier molecular flexibility index (Phi) is 5.12. The number of halogens is 2. The molecule has 2 aromatic rings. The van der Waals surface area contributed by atoms with E-state index in [1.54, 1.807) is 6.92 Å². The van der Waals surface area contributed by atoms with Crippen LogP contribution in [0.3, 0.4) is 0 Å². The minimum atomic E-state index is -0.818. The summed E-state index contributed by atoms with van der Waals surface area (Å²) in [6, 6.07) is 6.35. The molecule has 1 unspecified atom stereocenters. The van der Waals surface area contributed by atoms with E-state index < -0.39 is 5.82 Å². The molecule has 1 atom stereocenters. The standard InChI is InChI=1S/C15H13ClFN3O2/c1-3-9(2)21-14-13(17)15(20-8-19-14)22-12-5-4-11(16)6-10(12)7-18/h4-6,8-9H,3H2,1-2H3. The first kappa shape index (κ1) is 16.0. The maximum absolute atomic E-state index is 14.3. The lowest BCUT2D eigenvalue weighted by Gasteiger charge is -2.13. The average Bonchev–Trinajstić information content (AvgIpc) is 2.52. The lowest BCUT2D eigenvalue weighted by atomic mass is 10.2. The van der Waals surface area contributed by atoms with Crippen LogP contribution in [-0.2, 0) is 0 Å². The van der Waals surface area contributed by atoms with Gasteiger partial charge in [-0.2, -0.15) is 19.6 Å². The molecule has 0 saturated carbocycles. The van der Waals surface area contributed by atoms with E-state index in [4.69, 9.17) is 26.3 Å². The van der Waals surface area contributed by atoms with Crippen LogP contribution in [-0.4, -0.2) is 16.1 Å². The molecule has 114 valence electrons. The van der Waals surface area contributed by atoms with Crippen molar-refractivity contribution in [2.75, 3.05) is 0 Å². The van der Waals surface area contributed by atoms with Gasteiger partial charge >= 0.3 is 0 Å². The summed E-state index contributed by atoms with van der Waals surface area (Å²) in [5.41, 5.74) is 0.176. The Morgan fingerprint density at radius 2 is 2.09 bits per heavy atom. The van der Waals surface area contributed by atoms with E-state index >= 15 is 0 Å². The van der Waals surface area contributed by atoms with Crippen LogP contribution < -0.4 is 9.47 Å². The second-order valence-electron chi connectivity index (χ2n) is 4.49. The van der Waals surface area contributed by atoms with Crippen LogP contribution in [0, 0.1) is 17.1 Å². The number of benzene rings is 1. The first-order valence-corrected chi connectivity index (χ1v) is 6.97. The molecule has 0 amide bonds. The van der Waals surface area contributed by atoms with E-state index in [2.05, 4.69) is 9.97 Å². The Hall–Kier alpha value is -2.39. The van der Waals surface area contributed by atoms with Gasteiger partial charge in [-0.15, -0.1) is 0 Å². The molecule has 22 heavy (non-hydrogen) atoms. The molecule has 1 heterocycles. The van der Waals surface area contributed by atoms with E-state index in [0.717, 1.165) is 6.33 Å². The third kappa shape index (κ3) is 3.62. The number of nitriles is 1. The van der Waals surface area contributed by atoms with Crippen molar-refractivity contribution in [1.82, 2.24) is 9.97 Å². The van der Waals surface area contributed by atoms with Crippen LogP contribution in [0.1, 0.15) is 25.8 Å². The SMILES string of the molecule is CCC(C)Oc1ncnc(Oc2ccc(Cl)cc2C#N)c1F. The monoisotopic (exact) mass is 321 g/mol. The molecule has 5 nitrogen and oxygen atoms in total. The minimum absolute atomic E-state index is 0.152. The lowest BCUT2D eigenvalue weighted by molar-refractivity contribution is 0.195. The summed E-state index contributed by atoms with van der Waals surface area (Å²) in [5.74, 6) is -1.17. The van der Waals surface area contributed by atoms with Gasteiger partial charge in [0.1, 0.15) is 18.1 Å². The summed E-state index contributed by atoms with van der Waals surface area (Å²) in [7, 11) is 0. The Labute approximate surface area is 132 Å². The molecule has 1 aromatic carbocycles. The predicted octanol–water partition coefficient (Wildman–Crippen LogP) is 4.11. The Bertz CT molecular complexity index is 718. The van der Waals surface area contributed by atoms with Gasteiger partial charge in [0.2, 0.25) is 5.82 Å². The van der Waals surface area contributed by atoms with Crippen molar-refractivity contribution in [3.05, 3.63) is 40.9 Å². The quantitative estimate of drug-likeness (QED) is 0.829. The molecule has 0 aliphatic rings. The van der Waals surface area contributed by atoms with Crippen LogP contribution in [0.4, 0.5) is 4.39 Å². The third-order valence-electron chi connectivity index (χ3n) is 2.88. The van der Waals surface area contributed by atoms with E-state index in [1.807, 2.05) is 13.0 Å². The van der Waals surface area contributed by atoms with Crippen molar-refractivity contribution in [1.29, 1.82) is 5.26 Å². The molecular formula is C15H13ClFN3O2. The molecule has 0 radical (unpaired) electrons. The predicted molar refractivity (Wildman–Crippen MR) is 78.6 cm³/mol. The van der Waals surface area contributed by atoms with E-state index in [9.17, 15) is 4.39 Å². The largest absolute Gasteiger partial charge is 0.472 e. The average molecular weight is 322 g/mol. The van der Waals surface area contributed by atoms with Gasteiger partial charge in [-0.05, 0) is 31.5 Å². The zero-order chi connectivity index (χ0) is 16.1. The van der Waals surface area contributed by atoms with Crippen LogP contribution in [0.25, 0.3) is 0 Å². The van der Waals surface area contributed by atoms with Crippen molar-refractivity contribution >= 4 is 11.6 Å². The van der Waals surface area contributed by atoms with Crippen LogP contribution in [0.5, 0.6) is 17.5 Å². The summed E-state index contributed by atoms with van der Waals surface area (Å²) in [4.78, 5) is 7.49. The number of hydrogen-bond donors (Lipinski definition) is 0. The molecule has 0 bridgehead atoms. The van der Waals surface area contributed by atoms with Crippen molar-refractivity contribution in [2.24, 2.45) is 0 Å². The molecule has 2 rings (SSSR count). The first-order valence-electron chi connectivity index (χ1n) is 6.59. The maximum Gasteiger partial charge on any atom is 0.263 e. The number of aromatic nitrogens is 2. The highest BCUT2D eigenvalue weighted by molar-refractivity contribution is 6.30. The van der Waals surface area contributed by atoms with Gasteiger partial charge in [0.25, 0.3) is 11.8 Å². The first-order chi connectivity index (χ1) is 10.5. The Balaban J connectivity index is 2.31. The highest BCUT2D eigenvalue weighted by Gasteiger charge is 2.17. The van der Waals surface area contributed by atoms with Gasteiger partial charge in [-0.1, -0.05) is 18.5 Å². The van der Waals surface area contributed by atoms with Gasteiger partial charge in [-0.25, -0.2) is 0 Å². The number of rotatable bonds is 5. The molecule has 0 fully saturated rings. The van der Waals surface area contributed by atoms with E-state index in [0.29, 0.717) is 11.4 Å². The van der Waals surface area contributed by atoms with E-state index in [1.165, 1.54) is 18.2 Å². The fourth-order valence-electron chi connectivity index (χ4n) is 1.55. The van der Waals surface area contributed by atoms with Crippen molar-refractivity contribution in [3.8, 4) is 23.6 Å². The van der Waals surface area contributed by atoms with Crippen LogP contribution in [0.15, 0.2) is 24.5 Å². The smallest absolute Gasteiger partial charge is 0.263 e. The van der Waals surface area contributed by atoms with Crippen LogP contribution >= 0.6 is 11.6 Å². The number of nitrogens with zero attached hydrogens (tertiary/aromatic N) is 3. The zero-order valence-corrected chi connectivity index (χ0v) is 12.8. The van der Waals surface area contributed by atoms with Crippen LogP contribution in [0.2, 0.25) is 5.02 Å². The minimum Gasteiger partial charge on any atom is -0.472 e. The summed E-state index contributed by atoms with van der Waals surface area (Å²) >= 11 is 5.80. The van der Waals surface area contributed by atoms with E-state index in [-0.39, 0.29) is 29.2 Å². The molecule has 0 spiro atoms. The molecule has 1 aromatic heterocycles. The van der Waals surface area contributed by atoms with Gasteiger partial charge in [-0.3, -0.25) is 0 Å². The summed E-state index contributed by atoms with van der Waals surface area (Å²) in [5, 5.41) is 9.44. The molecule has 7 heteroatoms. The molecule has 0 aliphatic heterocycles. The molecule has 0 saturated heterocycles. The maximum atomic E-state index is 14.3. The summed E-state index contributed by atoms with van der Waals surface area (Å²) in [6.07, 6.45) is 1.65. The highest BCUT2D eigenvalue weighted by Crippen LogP contribution is 2.30. The molecule has 0 aliphatic carbocycles. The fraction of sp³-hybridized carbons (Fsp3) is 0.267. The van der Waals surface area contributed by atoms with Crippen molar-refractivity contribution in [3.63, 3.8) is 0 Å². The van der Waals surface area contributed by atoms with Crippen molar-refractivity contribution in [2.45, 2.75) is 26.4 Å². The summed E-state index contributed by atoms with van der Waals surface area (Å²) < 4.78 is 25.0. The molecule has 0 N–H and O–H groups in total. The summed E-state index contributed by atoms with van der Waals surface area (Å²) in [6.45, 7) is 3.71. The second-order valence-corrected chi connectivity index (χ2v) is 4.93. The fourth-order valence-corrected chi connectivity index (χ4v) is 1.72. The Morgan fingerprint density at radius 1 is 1.36 bits per heavy atom. The number of hydrogen-bond acceptors (Lipinski definition) is 5. The Morgan fingerprint density at radius 3 is 2.77 bits per heavy atom. The van der Waals surface area contributed by atoms with Gasteiger partial charge < -0.3 is 9.47 Å². The van der Waals surface area contributed by atoms with Gasteiger partial charge in [0.05, 0.1) is 11.7 Å². The highest BCUT2D eigenvalue weighted by atomic mass is 35.5. The number of ether oxygens (including phenoxy) is 2. The van der Waals surface area contributed by atoms with Crippen molar-refractivity contribution < 1.29 is 13.9 Å². The second kappa shape index (κ2) is 7.05. The topological polar surface area (TPSA) is 68.0 Å². The van der Waals surface area contributed by atoms with Gasteiger partial charge in [0, 0.05) is 5.02 Å². The third-order valence-corrected chi connectivity index (χ3v) is 3.12. The normalized spacial score (nSPS) is 11.6. The zero-order valence-electron chi connectivity index (χ0n) is 12.0.